The highest BCUT2D eigenvalue weighted by Crippen LogP contribution is 2.19. The maximum absolute atomic E-state index is 12.8. The smallest absolute Gasteiger partial charge is 0.339 e. The lowest BCUT2D eigenvalue weighted by Crippen LogP contribution is -2.05. The number of thioether (sulfide) groups is 1. The van der Waals surface area contributed by atoms with Crippen molar-refractivity contribution in [2.75, 3.05) is 12.4 Å². The average molecular weight is 447 g/mol. The second-order valence-electron chi connectivity index (χ2n) is 5.07. The Morgan fingerprint density at radius 2 is 1.89 bits per heavy atom. The van der Waals surface area contributed by atoms with Gasteiger partial charge in [0, 0.05) is 4.47 Å². The molecule has 0 aliphatic rings. The van der Waals surface area contributed by atoms with Crippen molar-refractivity contribution in [2.45, 2.75) is 5.16 Å². The number of halogens is 2. The summed E-state index contributed by atoms with van der Waals surface area (Å²) in [7, 11) is 0. The van der Waals surface area contributed by atoms with Gasteiger partial charge in [0.1, 0.15) is 5.82 Å². The highest BCUT2D eigenvalue weighted by molar-refractivity contribution is 9.10. The summed E-state index contributed by atoms with van der Waals surface area (Å²) < 4.78 is 20.4. The summed E-state index contributed by atoms with van der Waals surface area (Å²) in [6, 6.07) is 12.7. The number of nitrogens with zero attached hydrogens (tertiary/aromatic N) is 4. The number of carbonyl (C=O) groups is 1. The van der Waals surface area contributed by atoms with Gasteiger partial charge in [0.15, 0.2) is 6.61 Å². The summed E-state index contributed by atoms with van der Waals surface area (Å²) in [5, 5.41) is 12.2. The molecule has 0 saturated carbocycles. The van der Waals surface area contributed by atoms with Crippen molar-refractivity contribution < 1.29 is 13.9 Å². The summed E-state index contributed by atoms with van der Waals surface area (Å²) in [5.74, 6) is 5.12. The van der Waals surface area contributed by atoms with Gasteiger partial charge in [-0.1, -0.05) is 39.5 Å². The molecule has 1 heterocycles. The van der Waals surface area contributed by atoms with E-state index in [9.17, 15) is 9.18 Å². The Balaban J connectivity index is 1.49. The van der Waals surface area contributed by atoms with E-state index in [1.807, 2.05) is 24.3 Å². The van der Waals surface area contributed by atoms with E-state index >= 15 is 0 Å². The number of hydrogen-bond donors (Lipinski definition) is 0. The first-order valence-corrected chi connectivity index (χ1v) is 9.47. The summed E-state index contributed by atoms with van der Waals surface area (Å²) in [4.78, 5) is 11.8. The first-order chi connectivity index (χ1) is 13.1. The Morgan fingerprint density at radius 1 is 1.15 bits per heavy atom. The summed E-state index contributed by atoms with van der Waals surface area (Å²) in [5.41, 5.74) is 1.12. The number of rotatable bonds is 5. The first kappa shape index (κ1) is 19.1. The van der Waals surface area contributed by atoms with Crippen molar-refractivity contribution in [3.05, 3.63) is 64.4 Å². The number of tetrazole rings is 1. The van der Waals surface area contributed by atoms with Crippen molar-refractivity contribution >= 4 is 33.7 Å². The van der Waals surface area contributed by atoms with E-state index in [1.54, 1.807) is 4.68 Å². The van der Waals surface area contributed by atoms with Crippen molar-refractivity contribution in [1.29, 1.82) is 0 Å². The largest absolute Gasteiger partial charge is 0.449 e. The lowest BCUT2D eigenvalue weighted by molar-refractivity contribution is 0.0556. The maximum atomic E-state index is 12.8. The third-order valence-electron chi connectivity index (χ3n) is 3.27. The zero-order valence-electron chi connectivity index (χ0n) is 13.8. The minimum Gasteiger partial charge on any atom is -0.449 e. The SMILES string of the molecule is O=C(OCC#CCSc1nnnn1-c1ccc(Br)cc1)c1ccc(F)cc1. The molecular weight excluding hydrogens is 435 g/mol. The van der Waals surface area contributed by atoms with E-state index in [4.69, 9.17) is 4.74 Å². The fourth-order valence-electron chi connectivity index (χ4n) is 1.99. The van der Waals surface area contributed by atoms with Gasteiger partial charge in [-0.05, 0) is 59.0 Å². The fourth-order valence-corrected chi connectivity index (χ4v) is 2.91. The number of ether oxygens (including phenoxy) is 1. The Kier molecular flexibility index (Phi) is 6.57. The van der Waals surface area contributed by atoms with Gasteiger partial charge in [-0.3, -0.25) is 0 Å². The van der Waals surface area contributed by atoms with Crippen molar-refractivity contribution in [3.8, 4) is 17.5 Å². The number of aromatic nitrogens is 4. The predicted molar refractivity (Wildman–Crippen MR) is 102 cm³/mol. The molecule has 9 heteroatoms. The summed E-state index contributed by atoms with van der Waals surface area (Å²) in [6.45, 7) is -0.0472. The molecule has 3 rings (SSSR count). The van der Waals surface area contributed by atoms with E-state index in [-0.39, 0.29) is 12.2 Å². The van der Waals surface area contributed by atoms with Gasteiger partial charge in [-0.25, -0.2) is 9.18 Å². The van der Waals surface area contributed by atoms with Crippen LogP contribution >= 0.6 is 27.7 Å². The number of carbonyl (C=O) groups excluding carboxylic acids is 1. The fraction of sp³-hybridized carbons (Fsp3) is 0.111. The molecular formula is C18H12BrFN4O2S. The van der Waals surface area contributed by atoms with Crippen LogP contribution in [0.4, 0.5) is 4.39 Å². The molecule has 0 saturated heterocycles. The van der Waals surface area contributed by atoms with Crippen LogP contribution in [0.3, 0.4) is 0 Å². The molecule has 0 bridgehead atoms. The van der Waals surface area contributed by atoms with Crippen LogP contribution in [-0.4, -0.2) is 38.5 Å². The molecule has 27 heavy (non-hydrogen) atoms. The summed E-state index contributed by atoms with van der Waals surface area (Å²) in [6.07, 6.45) is 0. The number of hydrogen-bond acceptors (Lipinski definition) is 6. The molecule has 1 aromatic heterocycles. The van der Waals surface area contributed by atoms with Crippen LogP contribution in [0, 0.1) is 17.7 Å². The van der Waals surface area contributed by atoms with Crippen LogP contribution in [0.5, 0.6) is 0 Å². The Morgan fingerprint density at radius 3 is 2.63 bits per heavy atom. The maximum Gasteiger partial charge on any atom is 0.339 e. The van der Waals surface area contributed by atoms with Gasteiger partial charge in [0.05, 0.1) is 17.0 Å². The molecule has 136 valence electrons. The molecule has 0 amide bonds. The van der Waals surface area contributed by atoms with Crippen molar-refractivity contribution in [3.63, 3.8) is 0 Å². The van der Waals surface area contributed by atoms with E-state index in [0.717, 1.165) is 10.2 Å². The van der Waals surface area contributed by atoms with Crippen LogP contribution in [0.25, 0.3) is 5.69 Å². The molecule has 0 unspecified atom stereocenters. The molecule has 3 aromatic rings. The predicted octanol–water partition coefficient (Wildman–Crippen LogP) is 3.52. The lowest BCUT2D eigenvalue weighted by atomic mass is 10.2. The molecule has 0 radical (unpaired) electrons. The first-order valence-electron chi connectivity index (χ1n) is 7.69. The van der Waals surface area contributed by atoms with Crippen LogP contribution < -0.4 is 0 Å². The molecule has 0 aliphatic carbocycles. The van der Waals surface area contributed by atoms with Crippen LogP contribution in [-0.2, 0) is 4.74 Å². The Hall–Kier alpha value is -2.70. The minimum absolute atomic E-state index is 0.0472. The number of esters is 1. The molecule has 2 aromatic carbocycles. The second kappa shape index (κ2) is 9.30. The molecule has 0 fully saturated rings. The van der Waals surface area contributed by atoms with Gasteiger partial charge < -0.3 is 4.74 Å². The highest BCUT2D eigenvalue weighted by Gasteiger charge is 2.08. The van der Waals surface area contributed by atoms with Crippen molar-refractivity contribution in [2.24, 2.45) is 0 Å². The highest BCUT2D eigenvalue weighted by atomic mass is 79.9. The molecule has 0 N–H and O–H groups in total. The van der Waals surface area contributed by atoms with Gasteiger partial charge in [-0.15, -0.1) is 5.10 Å². The third-order valence-corrected chi connectivity index (χ3v) is 4.60. The van der Waals surface area contributed by atoms with Crippen LogP contribution in [0.15, 0.2) is 58.2 Å². The Labute approximate surface area is 167 Å². The minimum atomic E-state index is -0.545. The zero-order chi connectivity index (χ0) is 19.1. The topological polar surface area (TPSA) is 69.9 Å². The second-order valence-corrected chi connectivity index (χ2v) is 6.93. The molecule has 0 atom stereocenters. The van der Waals surface area contributed by atoms with Crippen molar-refractivity contribution in [1.82, 2.24) is 20.2 Å². The third kappa shape index (κ3) is 5.39. The van der Waals surface area contributed by atoms with E-state index in [0.29, 0.717) is 10.9 Å². The zero-order valence-corrected chi connectivity index (χ0v) is 16.2. The van der Waals surface area contributed by atoms with Gasteiger partial charge in [-0.2, -0.15) is 4.68 Å². The standard InChI is InChI=1S/C18H12BrFN4O2S/c19-14-5-9-16(10-6-14)24-18(21-22-23-24)27-12-2-1-11-26-17(25)13-3-7-15(20)8-4-13/h3-10H,11-12H2. The number of benzene rings is 2. The monoisotopic (exact) mass is 446 g/mol. The van der Waals surface area contributed by atoms with E-state index in [1.165, 1.54) is 36.0 Å². The Bertz CT molecular complexity index is 981. The van der Waals surface area contributed by atoms with Gasteiger partial charge in [0.2, 0.25) is 5.16 Å². The van der Waals surface area contributed by atoms with Crippen LogP contribution in [0.1, 0.15) is 10.4 Å². The molecule has 0 aliphatic heterocycles. The normalized spacial score (nSPS) is 10.1. The molecule has 0 spiro atoms. The van der Waals surface area contributed by atoms with Gasteiger partial charge >= 0.3 is 5.97 Å². The lowest BCUT2D eigenvalue weighted by Gasteiger charge is -2.02. The summed E-state index contributed by atoms with van der Waals surface area (Å²) >= 11 is 4.75. The van der Waals surface area contributed by atoms with E-state index < -0.39 is 11.8 Å². The molecule has 6 nitrogen and oxygen atoms in total. The average Bonchev–Trinajstić information content (AvgIpc) is 3.14. The van der Waals surface area contributed by atoms with Gasteiger partial charge in [0.25, 0.3) is 0 Å². The van der Waals surface area contributed by atoms with E-state index in [2.05, 4.69) is 43.3 Å². The quantitative estimate of drug-likeness (QED) is 0.339. The van der Waals surface area contributed by atoms with Crippen LogP contribution in [0.2, 0.25) is 0 Å².